The van der Waals surface area contributed by atoms with E-state index in [0.717, 1.165) is 11.3 Å². The van der Waals surface area contributed by atoms with E-state index in [2.05, 4.69) is 0 Å². The van der Waals surface area contributed by atoms with Crippen LogP contribution in [-0.4, -0.2) is 34.9 Å². The van der Waals surface area contributed by atoms with Crippen LogP contribution in [-0.2, 0) is 0 Å². The zero-order valence-corrected chi connectivity index (χ0v) is 9.79. The molecule has 18 heavy (non-hydrogen) atoms. The van der Waals surface area contributed by atoms with E-state index in [0.29, 0.717) is 0 Å². The van der Waals surface area contributed by atoms with Crippen molar-refractivity contribution in [2.45, 2.75) is 18.2 Å². The highest BCUT2D eigenvalue weighted by Crippen LogP contribution is 2.43. The van der Waals surface area contributed by atoms with Gasteiger partial charge in [0.1, 0.15) is 0 Å². The molecule has 0 radical (unpaired) electrons. The molecule has 2 rings (SSSR count). The molecule has 0 saturated carbocycles. The van der Waals surface area contributed by atoms with E-state index < -0.39 is 29.7 Å². The maximum absolute atomic E-state index is 12.6. The van der Waals surface area contributed by atoms with Crippen LogP contribution in [0.2, 0.25) is 0 Å². The molecule has 100 valence electrons. The van der Waals surface area contributed by atoms with Crippen LogP contribution < -0.4 is 4.90 Å². The second-order valence-corrected chi connectivity index (χ2v) is 4.96. The van der Waals surface area contributed by atoms with Crippen molar-refractivity contribution in [1.29, 1.82) is 0 Å². The zero-order chi connectivity index (χ0) is 13.6. The Kier molecular flexibility index (Phi) is 2.98. The van der Waals surface area contributed by atoms with Gasteiger partial charge in [-0.2, -0.15) is 13.2 Å². The third-order valence-corrected chi connectivity index (χ3v) is 3.85. The third-order valence-electron chi connectivity index (χ3n) is 2.88. The van der Waals surface area contributed by atoms with Crippen LogP contribution >= 0.6 is 11.3 Å². The molecule has 1 saturated heterocycles. The summed E-state index contributed by atoms with van der Waals surface area (Å²) in [6, 6.07) is 1.24. The summed E-state index contributed by atoms with van der Waals surface area (Å²) in [5.41, 5.74) is -3.02. The van der Waals surface area contributed by atoms with Crippen LogP contribution in [0.1, 0.15) is 6.42 Å². The topological polar surface area (TPSA) is 66.6 Å². The minimum atomic E-state index is -4.73. The van der Waals surface area contributed by atoms with Crippen molar-refractivity contribution in [3.05, 3.63) is 21.6 Å². The lowest BCUT2D eigenvalue weighted by Gasteiger charge is -2.25. The maximum Gasteiger partial charge on any atom is 0.418 e. The van der Waals surface area contributed by atoms with Gasteiger partial charge in [0, 0.05) is 19.0 Å². The predicted octanol–water partition coefficient (Wildman–Crippen LogP) is 2.16. The van der Waals surface area contributed by atoms with Crippen LogP contribution in [0.15, 0.2) is 11.4 Å². The number of rotatable bonds is 2. The van der Waals surface area contributed by atoms with Crippen molar-refractivity contribution in [3.63, 3.8) is 0 Å². The predicted molar refractivity (Wildman–Crippen MR) is 58.8 cm³/mol. The summed E-state index contributed by atoms with van der Waals surface area (Å²) in [5.74, 6) is 0. The molecule has 0 aromatic carbocycles. The highest BCUT2D eigenvalue weighted by molar-refractivity contribution is 7.14. The van der Waals surface area contributed by atoms with E-state index in [4.69, 9.17) is 0 Å². The van der Waals surface area contributed by atoms with E-state index in [-0.39, 0.29) is 17.2 Å². The van der Waals surface area contributed by atoms with E-state index in [1.54, 1.807) is 0 Å². The van der Waals surface area contributed by atoms with Gasteiger partial charge in [-0.05, 0) is 5.38 Å². The molecule has 9 heteroatoms. The van der Waals surface area contributed by atoms with Crippen molar-refractivity contribution in [2.75, 3.05) is 18.0 Å². The fourth-order valence-corrected chi connectivity index (χ4v) is 2.76. The van der Waals surface area contributed by atoms with Crippen molar-refractivity contribution >= 4 is 22.0 Å². The molecule has 2 heterocycles. The lowest BCUT2D eigenvalue weighted by molar-refractivity contribution is -0.383. The van der Waals surface area contributed by atoms with Gasteiger partial charge in [-0.1, -0.05) is 0 Å². The largest absolute Gasteiger partial charge is 0.418 e. The summed E-state index contributed by atoms with van der Waals surface area (Å²) >= 11 is 0.992. The average molecular weight is 282 g/mol. The molecular weight excluding hydrogens is 273 g/mol. The summed E-state index contributed by atoms with van der Waals surface area (Å²) in [7, 11) is 0. The zero-order valence-electron chi connectivity index (χ0n) is 8.98. The Bertz CT molecular complexity index is 476. The van der Waals surface area contributed by atoms with Gasteiger partial charge >= 0.3 is 11.9 Å². The van der Waals surface area contributed by atoms with Crippen LogP contribution in [0.5, 0.6) is 0 Å². The van der Waals surface area contributed by atoms with E-state index in [1.165, 1.54) is 16.3 Å². The molecule has 1 atom stereocenters. The molecule has 0 aliphatic carbocycles. The van der Waals surface area contributed by atoms with Crippen LogP contribution in [0.25, 0.3) is 0 Å². The molecule has 1 N–H and O–H groups in total. The minimum Gasteiger partial charge on any atom is -0.379 e. The van der Waals surface area contributed by atoms with Crippen molar-refractivity contribution in [1.82, 2.24) is 0 Å². The Hall–Kier alpha value is -1.35. The van der Waals surface area contributed by atoms with Crippen LogP contribution in [0.3, 0.4) is 0 Å². The number of halogens is 3. The van der Waals surface area contributed by atoms with Gasteiger partial charge in [-0.25, -0.2) is 0 Å². The summed E-state index contributed by atoms with van der Waals surface area (Å²) in [4.78, 5) is 11.3. The number of thiophene rings is 1. The minimum absolute atomic E-state index is 0.0582. The Morgan fingerprint density at radius 1 is 1.56 bits per heavy atom. The van der Waals surface area contributed by atoms with Gasteiger partial charge in [0.15, 0.2) is 10.6 Å². The van der Waals surface area contributed by atoms with Crippen molar-refractivity contribution in [2.24, 2.45) is 0 Å². The van der Waals surface area contributed by atoms with Gasteiger partial charge < -0.3 is 10.0 Å². The molecule has 0 amide bonds. The molecule has 1 aromatic rings. The lowest BCUT2D eigenvalue weighted by atomic mass is 10.0. The average Bonchev–Trinajstić information content (AvgIpc) is 2.82. The van der Waals surface area contributed by atoms with Gasteiger partial charge in [0.25, 0.3) is 0 Å². The van der Waals surface area contributed by atoms with Crippen molar-refractivity contribution in [3.8, 4) is 0 Å². The van der Waals surface area contributed by atoms with Gasteiger partial charge in [0.2, 0.25) is 0 Å². The van der Waals surface area contributed by atoms with Crippen LogP contribution in [0, 0.1) is 10.1 Å². The number of hydrogen-bond acceptors (Lipinski definition) is 5. The third kappa shape index (κ3) is 2.03. The number of nitrogens with zero attached hydrogens (tertiary/aromatic N) is 2. The number of anilines is 1. The molecule has 0 bridgehead atoms. The SMILES string of the molecule is O=[N+]([O-])c1ccsc1N1CCC(O)(C(F)(F)F)C1. The molecular formula is C9H9F3N2O3S. The molecule has 0 spiro atoms. The normalized spacial score (nSPS) is 24.6. The number of alkyl halides is 3. The van der Waals surface area contributed by atoms with Gasteiger partial charge in [-0.3, -0.25) is 10.1 Å². The number of nitro groups is 1. The first kappa shape index (κ1) is 13.1. The molecule has 1 aromatic heterocycles. The molecule has 1 aliphatic heterocycles. The molecule has 1 unspecified atom stereocenters. The monoisotopic (exact) mass is 282 g/mol. The Morgan fingerprint density at radius 3 is 2.72 bits per heavy atom. The van der Waals surface area contributed by atoms with Gasteiger partial charge in [-0.15, -0.1) is 11.3 Å². The number of hydrogen-bond donors (Lipinski definition) is 1. The molecule has 5 nitrogen and oxygen atoms in total. The summed E-state index contributed by atoms with van der Waals surface area (Å²) < 4.78 is 37.8. The second-order valence-electron chi connectivity index (χ2n) is 4.07. The molecule has 1 aliphatic rings. The Morgan fingerprint density at radius 2 is 2.22 bits per heavy atom. The first-order valence-electron chi connectivity index (χ1n) is 5.00. The highest BCUT2D eigenvalue weighted by atomic mass is 32.1. The highest BCUT2D eigenvalue weighted by Gasteiger charge is 2.57. The Labute approximate surface area is 104 Å². The first-order chi connectivity index (χ1) is 8.24. The Balaban J connectivity index is 2.24. The second kappa shape index (κ2) is 4.09. The fourth-order valence-electron chi connectivity index (χ4n) is 1.87. The number of β-amino-alcohol motifs (C(OH)–C–C–N with tert-alkyl or cyclic N) is 1. The fraction of sp³-hybridized carbons (Fsp3) is 0.556. The summed E-state index contributed by atoms with van der Waals surface area (Å²) in [5, 5.41) is 21.8. The number of aliphatic hydroxyl groups is 1. The van der Waals surface area contributed by atoms with Crippen molar-refractivity contribution < 1.29 is 23.2 Å². The lowest BCUT2D eigenvalue weighted by Crippen LogP contribution is -2.47. The van der Waals surface area contributed by atoms with Crippen LogP contribution in [0.4, 0.5) is 23.9 Å². The van der Waals surface area contributed by atoms with E-state index >= 15 is 0 Å². The smallest absolute Gasteiger partial charge is 0.379 e. The standard InChI is InChI=1S/C9H9F3N2O3S/c10-9(11,12)8(15)2-3-13(5-8)7-6(14(16)17)1-4-18-7/h1,4,15H,2-3,5H2. The quantitative estimate of drug-likeness (QED) is 0.666. The summed E-state index contributed by atoms with van der Waals surface area (Å²) in [6.07, 6.45) is -5.21. The maximum atomic E-state index is 12.6. The summed E-state index contributed by atoms with van der Waals surface area (Å²) in [6.45, 7) is -0.727. The van der Waals surface area contributed by atoms with E-state index in [1.807, 2.05) is 0 Å². The van der Waals surface area contributed by atoms with E-state index in [9.17, 15) is 28.4 Å². The molecule has 1 fully saturated rings. The van der Waals surface area contributed by atoms with Gasteiger partial charge in [0.05, 0.1) is 11.5 Å². The first-order valence-corrected chi connectivity index (χ1v) is 5.88.